The van der Waals surface area contributed by atoms with Crippen LogP contribution in [0.15, 0.2) is 16.0 Å². The van der Waals surface area contributed by atoms with Gasteiger partial charge in [0.1, 0.15) is 5.54 Å². The minimum Gasteiger partial charge on any atom is -0.468 e. The van der Waals surface area contributed by atoms with Crippen LogP contribution < -0.4 is 11.3 Å². The smallest absolute Gasteiger partial charge is 0.327 e. The predicted octanol–water partition coefficient (Wildman–Crippen LogP) is 0.451. The summed E-state index contributed by atoms with van der Waals surface area (Å²) < 4.78 is 4.78. The van der Waals surface area contributed by atoms with Gasteiger partial charge in [-0.3, -0.25) is 9.59 Å². The molecule has 1 aromatic rings. The number of methoxy groups -OCH3 is 1. The number of H-pyrrole nitrogens is 1. The highest BCUT2D eigenvalue weighted by Gasteiger charge is 2.49. The molecule has 7 heteroatoms. The quantitative estimate of drug-likeness (QED) is 0.462. The highest BCUT2D eigenvalue weighted by atomic mass is 32.2. The van der Waals surface area contributed by atoms with E-state index in [4.69, 9.17) is 10.5 Å². The Bertz CT molecular complexity index is 541. The summed E-state index contributed by atoms with van der Waals surface area (Å²) in [6.07, 6.45) is 1.87. The molecule has 6 nitrogen and oxygen atoms in total. The summed E-state index contributed by atoms with van der Waals surface area (Å²) in [5.74, 6) is 0.0954. The first-order valence-electron chi connectivity index (χ1n) is 6.04. The molecule has 0 saturated heterocycles. The van der Waals surface area contributed by atoms with E-state index in [9.17, 15) is 9.59 Å². The Morgan fingerprint density at radius 2 is 2.37 bits per heavy atom. The summed E-state index contributed by atoms with van der Waals surface area (Å²) in [6, 6.07) is 1.42. The van der Waals surface area contributed by atoms with Gasteiger partial charge in [0.05, 0.1) is 7.11 Å². The van der Waals surface area contributed by atoms with E-state index in [-0.39, 0.29) is 11.5 Å². The molecule has 0 radical (unpaired) electrons. The number of carbonyl (C=O) groups is 1. The van der Waals surface area contributed by atoms with Crippen molar-refractivity contribution in [2.24, 2.45) is 11.7 Å². The minimum absolute atomic E-state index is 0.156. The summed E-state index contributed by atoms with van der Waals surface area (Å²) in [6.45, 7) is 1.75. The van der Waals surface area contributed by atoms with E-state index in [1.807, 2.05) is 0 Å². The number of hydrogen-bond acceptors (Lipinski definition) is 6. The van der Waals surface area contributed by atoms with E-state index < -0.39 is 11.5 Å². The maximum absolute atomic E-state index is 11.8. The van der Waals surface area contributed by atoms with E-state index in [1.165, 1.54) is 24.9 Å². The Morgan fingerprint density at radius 1 is 1.68 bits per heavy atom. The molecule has 0 spiro atoms. The van der Waals surface area contributed by atoms with Crippen molar-refractivity contribution in [1.29, 1.82) is 0 Å². The van der Waals surface area contributed by atoms with Gasteiger partial charge in [-0.25, -0.2) is 4.98 Å². The minimum atomic E-state index is -0.998. The Kier molecular flexibility index (Phi) is 3.96. The Balaban J connectivity index is 2.11. The maximum atomic E-state index is 11.8. The molecular formula is C12H17N3O3S. The van der Waals surface area contributed by atoms with Gasteiger partial charge in [0.15, 0.2) is 5.16 Å². The summed E-state index contributed by atoms with van der Waals surface area (Å²) in [5, 5.41) is 0.476. The zero-order chi connectivity index (χ0) is 14.0. The fraction of sp³-hybridized carbons (Fsp3) is 0.583. The number of ether oxygens (including phenoxy) is 1. The molecule has 1 aliphatic carbocycles. The summed E-state index contributed by atoms with van der Waals surface area (Å²) in [4.78, 5) is 30.0. The lowest BCUT2D eigenvalue weighted by Crippen LogP contribution is -2.53. The SMILES string of the molecule is COC(=O)C(N)(CSc1nc(C)cc(=O)[nH]1)C1CC1. The topological polar surface area (TPSA) is 98.1 Å². The van der Waals surface area contributed by atoms with Crippen molar-refractivity contribution in [3.8, 4) is 0 Å². The lowest BCUT2D eigenvalue weighted by molar-refractivity contribution is -0.146. The molecule has 0 aromatic carbocycles. The standard InChI is InChI=1S/C12H17N3O3S/c1-7-5-9(16)15-11(14-7)19-6-12(13,8-3-4-8)10(17)18-2/h5,8H,3-4,6,13H2,1-2H3,(H,14,15,16). The van der Waals surface area contributed by atoms with Gasteiger partial charge in [-0.1, -0.05) is 11.8 Å². The van der Waals surface area contributed by atoms with Crippen LogP contribution in [0, 0.1) is 12.8 Å². The molecule has 1 unspecified atom stereocenters. The lowest BCUT2D eigenvalue weighted by Gasteiger charge is -2.25. The molecule has 0 aliphatic heterocycles. The zero-order valence-electron chi connectivity index (χ0n) is 10.9. The van der Waals surface area contributed by atoms with Crippen molar-refractivity contribution in [3.05, 3.63) is 22.1 Å². The van der Waals surface area contributed by atoms with Gasteiger partial charge in [-0.05, 0) is 25.7 Å². The van der Waals surface area contributed by atoms with Crippen molar-refractivity contribution in [1.82, 2.24) is 9.97 Å². The third kappa shape index (κ3) is 3.16. The van der Waals surface area contributed by atoms with Crippen LogP contribution in [0.2, 0.25) is 0 Å². The van der Waals surface area contributed by atoms with Crippen LogP contribution in [0.4, 0.5) is 0 Å². The van der Waals surface area contributed by atoms with E-state index >= 15 is 0 Å². The van der Waals surface area contributed by atoms with E-state index in [0.717, 1.165) is 12.8 Å². The third-order valence-corrected chi connectivity index (χ3v) is 4.26. The molecule has 1 aromatic heterocycles. The van der Waals surface area contributed by atoms with Crippen LogP contribution in [0.25, 0.3) is 0 Å². The molecule has 1 saturated carbocycles. The third-order valence-electron chi connectivity index (χ3n) is 3.17. The van der Waals surface area contributed by atoms with Crippen LogP contribution >= 0.6 is 11.8 Å². The molecule has 3 N–H and O–H groups in total. The van der Waals surface area contributed by atoms with Crippen LogP contribution in [0.3, 0.4) is 0 Å². The molecule has 1 fully saturated rings. The average molecular weight is 283 g/mol. The van der Waals surface area contributed by atoms with Crippen LogP contribution in [-0.4, -0.2) is 34.3 Å². The van der Waals surface area contributed by atoms with Gasteiger partial charge >= 0.3 is 5.97 Å². The number of thioether (sulfide) groups is 1. The summed E-state index contributed by atoms with van der Waals surface area (Å²) in [7, 11) is 1.34. The average Bonchev–Trinajstić information content (AvgIpc) is 3.18. The molecule has 0 bridgehead atoms. The second-order valence-electron chi connectivity index (χ2n) is 4.79. The number of aromatic amines is 1. The Hall–Kier alpha value is -1.34. The van der Waals surface area contributed by atoms with Crippen molar-refractivity contribution < 1.29 is 9.53 Å². The lowest BCUT2D eigenvalue weighted by atomic mass is 9.97. The van der Waals surface area contributed by atoms with Gasteiger partial charge in [-0.15, -0.1) is 0 Å². The molecule has 2 rings (SSSR count). The summed E-state index contributed by atoms with van der Waals surface area (Å²) in [5.41, 5.74) is 5.60. The van der Waals surface area contributed by atoms with Gasteiger partial charge in [0.25, 0.3) is 5.56 Å². The van der Waals surface area contributed by atoms with Gasteiger partial charge in [-0.2, -0.15) is 0 Å². The van der Waals surface area contributed by atoms with E-state index in [0.29, 0.717) is 16.6 Å². The molecule has 0 amide bonds. The number of aromatic nitrogens is 2. The van der Waals surface area contributed by atoms with Gasteiger partial charge in [0, 0.05) is 17.5 Å². The Labute approximate surface area is 115 Å². The van der Waals surface area contributed by atoms with Crippen LogP contribution in [-0.2, 0) is 9.53 Å². The fourth-order valence-corrected chi connectivity index (χ4v) is 3.05. The second-order valence-corrected chi connectivity index (χ2v) is 5.75. The Morgan fingerprint density at radius 3 is 2.89 bits per heavy atom. The molecule has 104 valence electrons. The van der Waals surface area contributed by atoms with Crippen molar-refractivity contribution >= 4 is 17.7 Å². The van der Waals surface area contributed by atoms with Crippen LogP contribution in [0.5, 0.6) is 0 Å². The normalized spacial score (nSPS) is 17.8. The molecule has 1 aliphatic rings. The van der Waals surface area contributed by atoms with E-state index in [1.54, 1.807) is 6.92 Å². The summed E-state index contributed by atoms with van der Waals surface area (Å²) >= 11 is 1.28. The number of carbonyl (C=O) groups excluding carboxylic acids is 1. The van der Waals surface area contributed by atoms with Crippen molar-refractivity contribution in [2.45, 2.75) is 30.5 Å². The number of aryl methyl sites for hydroxylation is 1. The number of nitrogens with one attached hydrogen (secondary N) is 1. The molecule has 19 heavy (non-hydrogen) atoms. The zero-order valence-corrected chi connectivity index (χ0v) is 11.8. The van der Waals surface area contributed by atoms with Gasteiger partial charge in [0.2, 0.25) is 0 Å². The highest BCUT2D eigenvalue weighted by molar-refractivity contribution is 7.99. The number of nitrogens with two attached hydrogens (primary N) is 1. The largest absolute Gasteiger partial charge is 0.468 e. The highest BCUT2D eigenvalue weighted by Crippen LogP contribution is 2.41. The molecular weight excluding hydrogens is 266 g/mol. The first kappa shape index (κ1) is 14.1. The van der Waals surface area contributed by atoms with Crippen molar-refractivity contribution in [2.75, 3.05) is 12.9 Å². The second kappa shape index (κ2) is 5.34. The van der Waals surface area contributed by atoms with E-state index in [2.05, 4.69) is 9.97 Å². The van der Waals surface area contributed by atoms with Crippen molar-refractivity contribution in [3.63, 3.8) is 0 Å². The predicted molar refractivity (Wildman–Crippen MR) is 72.0 cm³/mol. The van der Waals surface area contributed by atoms with Crippen LogP contribution in [0.1, 0.15) is 18.5 Å². The number of rotatable bonds is 5. The monoisotopic (exact) mass is 283 g/mol. The molecule has 1 heterocycles. The molecule has 1 atom stereocenters. The van der Waals surface area contributed by atoms with Gasteiger partial charge < -0.3 is 15.5 Å². The first-order chi connectivity index (χ1) is 8.95. The first-order valence-corrected chi connectivity index (χ1v) is 7.02. The fourth-order valence-electron chi connectivity index (χ4n) is 1.94. The maximum Gasteiger partial charge on any atom is 0.327 e. The number of hydrogen-bond donors (Lipinski definition) is 2. The number of nitrogens with zero attached hydrogens (tertiary/aromatic N) is 1. The number of esters is 1.